The molecule has 0 bridgehead atoms. The Hall–Kier alpha value is -2.09. The molecule has 1 heterocycles. The molecule has 0 saturated carbocycles. The first-order valence-corrected chi connectivity index (χ1v) is 6.05. The van der Waals surface area contributed by atoms with E-state index >= 15 is 0 Å². The second-order valence-electron chi connectivity index (χ2n) is 4.75. The number of ether oxygens (including phenoxy) is 1. The van der Waals surface area contributed by atoms with Crippen LogP contribution in [0.15, 0.2) is 54.6 Å². The first kappa shape index (κ1) is 11.0. The Labute approximate surface area is 106 Å². The van der Waals surface area contributed by atoms with Crippen molar-refractivity contribution in [1.29, 1.82) is 0 Å². The minimum absolute atomic E-state index is 0.0404. The molecule has 1 aliphatic heterocycles. The number of hydrogen-bond acceptors (Lipinski definition) is 2. The molecule has 0 aromatic heterocycles. The molecular formula is C16H14O2. The molecule has 1 fully saturated rings. The second kappa shape index (κ2) is 3.98. The fourth-order valence-corrected chi connectivity index (χ4v) is 2.40. The van der Waals surface area contributed by atoms with Crippen LogP contribution in [-0.2, 0) is 9.53 Å². The average Bonchev–Trinajstić information content (AvgIpc) is 2.66. The molecule has 2 aromatic rings. The summed E-state index contributed by atoms with van der Waals surface area (Å²) >= 11 is 0. The molecule has 0 N–H and O–H groups in total. The molecule has 1 aliphatic rings. The fraction of sp³-hybridized carbons (Fsp3) is 0.188. The van der Waals surface area contributed by atoms with Gasteiger partial charge in [0.25, 0.3) is 0 Å². The third-order valence-electron chi connectivity index (χ3n) is 3.60. The van der Waals surface area contributed by atoms with E-state index in [-0.39, 0.29) is 18.0 Å². The number of esters is 1. The zero-order valence-corrected chi connectivity index (χ0v) is 10.2. The molecule has 18 heavy (non-hydrogen) atoms. The highest BCUT2D eigenvalue weighted by molar-refractivity contribution is 5.91. The lowest BCUT2D eigenvalue weighted by Crippen LogP contribution is -2.04. The van der Waals surface area contributed by atoms with E-state index in [0.717, 1.165) is 10.9 Å². The summed E-state index contributed by atoms with van der Waals surface area (Å²) in [6, 6.07) is 14.3. The van der Waals surface area contributed by atoms with Gasteiger partial charge in [-0.3, -0.25) is 0 Å². The predicted octanol–water partition coefficient (Wildman–Crippen LogP) is 3.63. The molecule has 2 aromatic carbocycles. The zero-order chi connectivity index (χ0) is 12.7. The number of benzene rings is 2. The van der Waals surface area contributed by atoms with Crippen LogP contribution in [-0.4, -0.2) is 5.97 Å². The minimum Gasteiger partial charge on any atom is -0.453 e. The molecule has 0 spiro atoms. The van der Waals surface area contributed by atoms with E-state index in [2.05, 4.69) is 30.8 Å². The van der Waals surface area contributed by atoms with E-state index in [1.165, 1.54) is 5.39 Å². The van der Waals surface area contributed by atoms with Gasteiger partial charge >= 0.3 is 5.97 Å². The third-order valence-corrected chi connectivity index (χ3v) is 3.60. The summed E-state index contributed by atoms with van der Waals surface area (Å²) in [5, 5.41) is 2.35. The predicted molar refractivity (Wildman–Crippen MR) is 71.1 cm³/mol. The van der Waals surface area contributed by atoms with Crippen molar-refractivity contribution >= 4 is 16.7 Å². The first-order chi connectivity index (χ1) is 8.66. The van der Waals surface area contributed by atoms with Gasteiger partial charge in [0, 0.05) is 11.5 Å². The molecular weight excluding hydrogens is 224 g/mol. The van der Waals surface area contributed by atoms with Crippen molar-refractivity contribution in [2.45, 2.75) is 13.0 Å². The van der Waals surface area contributed by atoms with Crippen molar-refractivity contribution in [1.82, 2.24) is 0 Å². The van der Waals surface area contributed by atoms with Crippen LogP contribution in [0, 0.1) is 5.92 Å². The summed E-state index contributed by atoms with van der Waals surface area (Å²) in [7, 11) is 0. The van der Waals surface area contributed by atoms with Crippen molar-refractivity contribution < 1.29 is 9.53 Å². The minimum atomic E-state index is -0.277. The van der Waals surface area contributed by atoms with Crippen molar-refractivity contribution in [3.63, 3.8) is 0 Å². The van der Waals surface area contributed by atoms with Crippen molar-refractivity contribution in [2.75, 3.05) is 0 Å². The van der Waals surface area contributed by atoms with Gasteiger partial charge < -0.3 is 4.74 Å². The molecule has 2 nitrogen and oxygen atoms in total. The van der Waals surface area contributed by atoms with Crippen LogP contribution in [0.5, 0.6) is 0 Å². The number of rotatable bonds is 1. The van der Waals surface area contributed by atoms with Gasteiger partial charge in [-0.05, 0) is 22.4 Å². The van der Waals surface area contributed by atoms with Crippen LogP contribution in [0.3, 0.4) is 0 Å². The van der Waals surface area contributed by atoms with Crippen LogP contribution in [0.4, 0.5) is 0 Å². The van der Waals surface area contributed by atoms with Crippen LogP contribution in [0.1, 0.15) is 18.6 Å². The molecule has 0 unspecified atom stereocenters. The maximum Gasteiger partial charge on any atom is 0.334 e. The van der Waals surface area contributed by atoms with Gasteiger partial charge in [-0.1, -0.05) is 49.9 Å². The quantitative estimate of drug-likeness (QED) is 0.560. The molecule has 0 radical (unpaired) electrons. The molecule has 1 saturated heterocycles. The van der Waals surface area contributed by atoms with Gasteiger partial charge in [-0.15, -0.1) is 0 Å². The van der Waals surface area contributed by atoms with Gasteiger partial charge in [0.05, 0.1) is 0 Å². The summed E-state index contributed by atoms with van der Waals surface area (Å²) < 4.78 is 5.38. The van der Waals surface area contributed by atoms with Crippen molar-refractivity contribution in [3.8, 4) is 0 Å². The molecule has 2 heteroatoms. The van der Waals surface area contributed by atoms with E-state index in [1.54, 1.807) is 0 Å². The van der Waals surface area contributed by atoms with Gasteiger partial charge in [-0.2, -0.15) is 0 Å². The SMILES string of the molecule is C=C1C(=O)O[C@H](c2ccc3ccccc3c2)[C@H]1C. The Morgan fingerprint density at radius 1 is 1.11 bits per heavy atom. The highest BCUT2D eigenvalue weighted by Crippen LogP contribution is 2.38. The fourth-order valence-electron chi connectivity index (χ4n) is 2.40. The van der Waals surface area contributed by atoms with E-state index < -0.39 is 0 Å². The van der Waals surface area contributed by atoms with E-state index in [9.17, 15) is 4.79 Å². The highest BCUT2D eigenvalue weighted by Gasteiger charge is 2.36. The van der Waals surface area contributed by atoms with E-state index in [0.29, 0.717) is 5.57 Å². The van der Waals surface area contributed by atoms with Gasteiger partial charge in [-0.25, -0.2) is 4.79 Å². The molecule has 0 aliphatic carbocycles. The smallest absolute Gasteiger partial charge is 0.334 e. The summed E-state index contributed by atoms with van der Waals surface area (Å²) in [6.07, 6.45) is -0.199. The summed E-state index contributed by atoms with van der Waals surface area (Å²) in [6.45, 7) is 5.76. The lowest BCUT2D eigenvalue weighted by atomic mass is 9.93. The Kier molecular flexibility index (Phi) is 2.44. The lowest BCUT2D eigenvalue weighted by molar-refractivity contribution is -0.139. The Morgan fingerprint density at radius 3 is 2.50 bits per heavy atom. The molecule has 3 rings (SSSR count). The largest absolute Gasteiger partial charge is 0.453 e. The van der Waals surface area contributed by atoms with Crippen LogP contribution in [0.25, 0.3) is 10.8 Å². The van der Waals surface area contributed by atoms with Gasteiger partial charge in [0.2, 0.25) is 0 Å². The number of cyclic esters (lactones) is 1. The second-order valence-corrected chi connectivity index (χ2v) is 4.75. The van der Waals surface area contributed by atoms with Crippen LogP contribution >= 0.6 is 0 Å². The van der Waals surface area contributed by atoms with Crippen LogP contribution in [0.2, 0.25) is 0 Å². The molecule has 90 valence electrons. The maximum atomic E-state index is 11.5. The van der Waals surface area contributed by atoms with Gasteiger partial charge in [0.1, 0.15) is 6.10 Å². The number of carbonyl (C=O) groups excluding carboxylic acids is 1. The number of carbonyl (C=O) groups is 1. The van der Waals surface area contributed by atoms with Crippen molar-refractivity contribution in [2.24, 2.45) is 5.92 Å². The summed E-state index contributed by atoms with van der Waals surface area (Å²) in [5.41, 5.74) is 1.60. The summed E-state index contributed by atoms with van der Waals surface area (Å²) in [5.74, 6) is -0.237. The van der Waals surface area contributed by atoms with Crippen molar-refractivity contribution in [3.05, 3.63) is 60.2 Å². The topological polar surface area (TPSA) is 26.3 Å². The highest BCUT2D eigenvalue weighted by atomic mass is 16.6. The number of fused-ring (bicyclic) bond motifs is 1. The number of hydrogen-bond donors (Lipinski definition) is 0. The Bertz CT molecular complexity index is 642. The summed E-state index contributed by atoms with van der Waals surface area (Å²) in [4.78, 5) is 11.5. The monoisotopic (exact) mass is 238 g/mol. The normalized spacial score (nSPS) is 23.4. The first-order valence-electron chi connectivity index (χ1n) is 6.05. The third kappa shape index (κ3) is 1.61. The van der Waals surface area contributed by atoms with Crippen LogP contribution < -0.4 is 0 Å². The van der Waals surface area contributed by atoms with E-state index in [1.807, 2.05) is 25.1 Å². The average molecular weight is 238 g/mol. The molecule has 0 amide bonds. The lowest BCUT2D eigenvalue weighted by Gasteiger charge is -2.14. The Morgan fingerprint density at radius 2 is 1.83 bits per heavy atom. The zero-order valence-electron chi connectivity index (χ0n) is 10.2. The Balaban J connectivity index is 2.05. The standard InChI is InChI=1S/C16H14O2/c1-10-11(2)16(17)18-15(10)14-8-7-12-5-3-4-6-13(12)9-14/h3-10,15H,2H2,1H3/t10-,15-/m0/s1. The van der Waals surface area contributed by atoms with Gasteiger partial charge in [0.15, 0.2) is 0 Å². The maximum absolute atomic E-state index is 11.5. The molecule has 2 atom stereocenters. The van der Waals surface area contributed by atoms with E-state index in [4.69, 9.17) is 4.74 Å².